The molecule has 0 amide bonds. The number of rotatable bonds is 5. The van der Waals surface area contributed by atoms with E-state index in [-0.39, 0.29) is 24.0 Å². The largest absolute Gasteiger partial charge is 0.381 e. The maximum Gasteiger partial charge on any atom is 0.193 e. The van der Waals surface area contributed by atoms with E-state index in [9.17, 15) is 0 Å². The topological polar surface area (TPSA) is 36.9 Å². The van der Waals surface area contributed by atoms with E-state index < -0.39 is 0 Å². The Kier molecular flexibility index (Phi) is 10.5. The minimum Gasteiger partial charge on any atom is -0.381 e. The summed E-state index contributed by atoms with van der Waals surface area (Å²) >= 11 is 0. The molecule has 2 rings (SSSR count). The average Bonchev–Trinajstić information content (AvgIpc) is 2.56. The Balaban J connectivity index is 0.00000264. The number of ether oxygens (including phenoxy) is 1. The van der Waals surface area contributed by atoms with Crippen molar-refractivity contribution in [2.24, 2.45) is 22.7 Å². The van der Waals surface area contributed by atoms with Gasteiger partial charge in [-0.15, -0.1) is 24.0 Å². The van der Waals surface area contributed by atoms with E-state index >= 15 is 0 Å². The maximum absolute atomic E-state index is 5.44. The molecule has 1 saturated carbocycles. The van der Waals surface area contributed by atoms with Crippen LogP contribution in [0.3, 0.4) is 0 Å². The number of aliphatic imine (C=N–C) groups is 1. The van der Waals surface area contributed by atoms with Crippen molar-refractivity contribution in [3.8, 4) is 0 Å². The Morgan fingerprint density at radius 2 is 1.74 bits per heavy atom. The van der Waals surface area contributed by atoms with Crippen molar-refractivity contribution in [1.82, 2.24) is 10.2 Å². The van der Waals surface area contributed by atoms with Crippen molar-refractivity contribution >= 4 is 29.9 Å². The fraction of sp³-hybridized carbons (Fsp3) is 0.944. The molecule has 0 aromatic rings. The molecule has 2 fully saturated rings. The van der Waals surface area contributed by atoms with Crippen LogP contribution in [0.4, 0.5) is 0 Å². The molecule has 0 aromatic heterocycles. The van der Waals surface area contributed by atoms with Gasteiger partial charge in [0, 0.05) is 40.4 Å². The number of hydrogen-bond donors (Lipinski definition) is 1. The summed E-state index contributed by atoms with van der Waals surface area (Å²) in [6.07, 6.45) is 9.23. The van der Waals surface area contributed by atoms with Gasteiger partial charge in [0.2, 0.25) is 0 Å². The van der Waals surface area contributed by atoms with Crippen LogP contribution in [-0.4, -0.2) is 51.3 Å². The summed E-state index contributed by atoms with van der Waals surface area (Å²) in [6.45, 7) is 6.45. The molecule has 4 nitrogen and oxygen atoms in total. The predicted octanol–water partition coefficient (Wildman–Crippen LogP) is 3.75. The molecule has 0 unspecified atom stereocenters. The van der Waals surface area contributed by atoms with Crippen LogP contribution in [0, 0.1) is 17.8 Å². The zero-order chi connectivity index (χ0) is 15.8. The monoisotopic (exact) mass is 437 g/mol. The van der Waals surface area contributed by atoms with Crippen molar-refractivity contribution in [1.29, 1.82) is 0 Å². The van der Waals surface area contributed by atoms with Gasteiger partial charge in [-0.2, -0.15) is 0 Å². The molecule has 1 aliphatic carbocycles. The van der Waals surface area contributed by atoms with Gasteiger partial charge in [-0.05, 0) is 49.9 Å². The summed E-state index contributed by atoms with van der Waals surface area (Å²) < 4.78 is 5.44. The number of hydrogen-bond acceptors (Lipinski definition) is 2. The van der Waals surface area contributed by atoms with Crippen molar-refractivity contribution < 1.29 is 4.74 Å². The number of nitrogens with zero attached hydrogens (tertiary/aromatic N) is 2. The van der Waals surface area contributed by atoms with Crippen LogP contribution in [0.15, 0.2) is 4.99 Å². The molecule has 1 aliphatic heterocycles. The summed E-state index contributed by atoms with van der Waals surface area (Å²) in [5.74, 6) is 3.65. The van der Waals surface area contributed by atoms with Gasteiger partial charge in [-0.3, -0.25) is 4.99 Å². The normalized spacial score (nSPS) is 26.5. The van der Waals surface area contributed by atoms with E-state index in [2.05, 4.69) is 29.2 Å². The minimum absolute atomic E-state index is 0. The molecule has 5 heteroatoms. The lowest BCUT2D eigenvalue weighted by Gasteiger charge is -2.29. The Labute approximate surface area is 159 Å². The highest BCUT2D eigenvalue weighted by atomic mass is 127. The lowest BCUT2D eigenvalue weighted by molar-refractivity contribution is 0.0625. The van der Waals surface area contributed by atoms with Gasteiger partial charge < -0.3 is 15.0 Å². The zero-order valence-electron chi connectivity index (χ0n) is 15.2. The second kappa shape index (κ2) is 11.5. The summed E-state index contributed by atoms with van der Waals surface area (Å²) in [5, 5.41) is 3.59. The molecule has 0 aromatic carbocycles. The molecule has 136 valence electrons. The van der Waals surface area contributed by atoms with Crippen LogP contribution in [0.5, 0.6) is 0 Å². The van der Waals surface area contributed by atoms with Gasteiger partial charge in [0.25, 0.3) is 0 Å². The van der Waals surface area contributed by atoms with Crippen molar-refractivity contribution in [2.45, 2.75) is 51.9 Å². The molecule has 0 radical (unpaired) electrons. The first-order chi connectivity index (χ1) is 10.7. The van der Waals surface area contributed by atoms with E-state index in [1.165, 1.54) is 44.9 Å². The van der Waals surface area contributed by atoms with Crippen molar-refractivity contribution in [3.05, 3.63) is 0 Å². The molecule has 23 heavy (non-hydrogen) atoms. The Hall–Kier alpha value is -0.0400. The number of guanidine groups is 1. The summed E-state index contributed by atoms with van der Waals surface area (Å²) in [4.78, 5) is 6.75. The van der Waals surface area contributed by atoms with Crippen molar-refractivity contribution in [3.63, 3.8) is 0 Å². The number of nitrogens with one attached hydrogen (secondary N) is 1. The molecular formula is C18H36IN3O. The van der Waals surface area contributed by atoms with E-state index in [4.69, 9.17) is 4.74 Å². The lowest BCUT2D eigenvalue weighted by atomic mass is 9.83. The zero-order valence-corrected chi connectivity index (χ0v) is 17.6. The van der Waals surface area contributed by atoms with Gasteiger partial charge in [0.1, 0.15) is 0 Å². The maximum atomic E-state index is 5.44. The van der Waals surface area contributed by atoms with E-state index in [1.54, 1.807) is 0 Å². The first-order valence-corrected chi connectivity index (χ1v) is 9.18. The Morgan fingerprint density at radius 1 is 1.09 bits per heavy atom. The van der Waals surface area contributed by atoms with Crippen LogP contribution in [0.1, 0.15) is 51.9 Å². The van der Waals surface area contributed by atoms with Gasteiger partial charge in [-0.25, -0.2) is 0 Å². The fourth-order valence-electron chi connectivity index (χ4n) is 3.67. The third-order valence-corrected chi connectivity index (χ3v) is 5.47. The fourth-order valence-corrected chi connectivity index (χ4v) is 3.67. The minimum atomic E-state index is 0. The molecular weight excluding hydrogens is 401 g/mol. The highest BCUT2D eigenvalue weighted by Crippen LogP contribution is 2.27. The second-order valence-corrected chi connectivity index (χ2v) is 7.32. The standard InChI is InChI=1S/C18H35N3O.HI/c1-15-4-6-17(7-5-15)14-20-18(19-2)21(3)11-8-16-9-12-22-13-10-16;/h15-17H,4-14H2,1-3H3,(H,19,20);1H. The number of halogens is 1. The van der Waals surface area contributed by atoms with E-state index in [0.717, 1.165) is 50.0 Å². The highest BCUT2D eigenvalue weighted by Gasteiger charge is 2.19. The van der Waals surface area contributed by atoms with Crippen LogP contribution in [0.2, 0.25) is 0 Å². The summed E-state index contributed by atoms with van der Waals surface area (Å²) in [7, 11) is 4.06. The van der Waals surface area contributed by atoms with Crippen molar-refractivity contribution in [2.75, 3.05) is 40.4 Å². The van der Waals surface area contributed by atoms with Gasteiger partial charge >= 0.3 is 0 Å². The SMILES string of the molecule is CN=C(NCC1CCC(C)CC1)N(C)CCC1CCOCC1.I. The molecule has 1 N–H and O–H groups in total. The Morgan fingerprint density at radius 3 is 2.35 bits per heavy atom. The van der Waals surface area contributed by atoms with E-state index in [1.807, 2.05) is 7.05 Å². The second-order valence-electron chi connectivity index (χ2n) is 7.32. The van der Waals surface area contributed by atoms with Gasteiger partial charge in [0.05, 0.1) is 0 Å². The molecule has 0 atom stereocenters. The molecule has 1 heterocycles. The summed E-state index contributed by atoms with van der Waals surface area (Å²) in [6, 6.07) is 0. The quantitative estimate of drug-likeness (QED) is 0.404. The Bertz CT molecular complexity index is 337. The molecule has 1 saturated heterocycles. The lowest BCUT2D eigenvalue weighted by Crippen LogP contribution is -2.42. The van der Waals surface area contributed by atoms with Gasteiger partial charge in [0.15, 0.2) is 5.96 Å². The van der Waals surface area contributed by atoms with Gasteiger partial charge in [-0.1, -0.05) is 19.8 Å². The predicted molar refractivity (Wildman–Crippen MR) is 109 cm³/mol. The highest BCUT2D eigenvalue weighted by molar-refractivity contribution is 14.0. The van der Waals surface area contributed by atoms with Crippen LogP contribution >= 0.6 is 24.0 Å². The third-order valence-electron chi connectivity index (χ3n) is 5.47. The molecule has 0 bridgehead atoms. The molecule has 2 aliphatic rings. The summed E-state index contributed by atoms with van der Waals surface area (Å²) in [5.41, 5.74) is 0. The van der Waals surface area contributed by atoms with Crippen LogP contribution < -0.4 is 5.32 Å². The average molecular weight is 437 g/mol. The smallest absolute Gasteiger partial charge is 0.193 e. The third kappa shape index (κ3) is 7.59. The first kappa shape index (κ1) is 21.0. The van der Waals surface area contributed by atoms with E-state index in [0.29, 0.717) is 0 Å². The van der Waals surface area contributed by atoms with Crippen LogP contribution in [0.25, 0.3) is 0 Å². The van der Waals surface area contributed by atoms with Crippen LogP contribution in [-0.2, 0) is 4.74 Å². The molecule has 0 spiro atoms. The first-order valence-electron chi connectivity index (χ1n) is 9.18.